The predicted molar refractivity (Wildman–Crippen MR) is 75.4 cm³/mol. The highest BCUT2D eigenvalue weighted by atomic mass is 19.3. The van der Waals surface area contributed by atoms with Crippen molar-refractivity contribution < 1.29 is 18.4 Å². The molecular formula is C14H20F2N4O2. The number of carbonyl (C=O) groups excluding carboxylic acids is 2. The summed E-state index contributed by atoms with van der Waals surface area (Å²) in [6.45, 7) is 3.42. The number of alkyl halides is 2. The van der Waals surface area contributed by atoms with Crippen molar-refractivity contribution in [2.24, 2.45) is 0 Å². The average molecular weight is 314 g/mol. The fraction of sp³-hybridized carbons (Fsp3) is 0.643. The SMILES string of the molecule is Cc1cc(C(F)F)nn1CC(=O)NCCCN1CCCC1=O. The molecule has 22 heavy (non-hydrogen) atoms. The Morgan fingerprint density at radius 3 is 2.86 bits per heavy atom. The molecule has 1 aromatic rings. The zero-order valence-corrected chi connectivity index (χ0v) is 12.5. The summed E-state index contributed by atoms with van der Waals surface area (Å²) in [4.78, 5) is 25.0. The summed E-state index contributed by atoms with van der Waals surface area (Å²) >= 11 is 0. The summed E-state index contributed by atoms with van der Waals surface area (Å²) in [6, 6.07) is 1.27. The van der Waals surface area contributed by atoms with Gasteiger partial charge in [-0.25, -0.2) is 8.78 Å². The van der Waals surface area contributed by atoms with Crippen LogP contribution in [0, 0.1) is 6.92 Å². The first-order valence-electron chi connectivity index (χ1n) is 7.34. The lowest BCUT2D eigenvalue weighted by molar-refractivity contribution is -0.127. The lowest BCUT2D eigenvalue weighted by atomic mass is 10.3. The van der Waals surface area contributed by atoms with Crippen LogP contribution in [0.2, 0.25) is 0 Å². The molecule has 0 bridgehead atoms. The van der Waals surface area contributed by atoms with Gasteiger partial charge in [-0.15, -0.1) is 0 Å². The summed E-state index contributed by atoms with van der Waals surface area (Å²) in [5, 5.41) is 6.41. The zero-order chi connectivity index (χ0) is 16.1. The van der Waals surface area contributed by atoms with Crippen molar-refractivity contribution in [1.29, 1.82) is 0 Å². The Kier molecular flexibility index (Phi) is 5.46. The molecule has 0 saturated carbocycles. The van der Waals surface area contributed by atoms with E-state index in [0.717, 1.165) is 13.0 Å². The van der Waals surface area contributed by atoms with Crippen LogP contribution in [0.15, 0.2) is 6.07 Å². The van der Waals surface area contributed by atoms with Crippen LogP contribution in [-0.2, 0) is 16.1 Å². The van der Waals surface area contributed by atoms with Gasteiger partial charge in [-0.05, 0) is 25.8 Å². The first-order valence-corrected chi connectivity index (χ1v) is 7.34. The van der Waals surface area contributed by atoms with E-state index in [1.165, 1.54) is 10.7 Å². The minimum absolute atomic E-state index is 0.0821. The van der Waals surface area contributed by atoms with Gasteiger partial charge in [0, 0.05) is 31.7 Å². The van der Waals surface area contributed by atoms with Crippen LogP contribution in [0.5, 0.6) is 0 Å². The Morgan fingerprint density at radius 1 is 1.50 bits per heavy atom. The first-order chi connectivity index (χ1) is 10.5. The number of rotatable bonds is 7. The van der Waals surface area contributed by atoms with Gasteiger partial charge in [0.2, 0.25) is 11.8 Å². The summed E-state index contributed by atoms with van der Waals surface area (Å²) < 4.78 is 26.3. The van der Waals surface area contributed by atoms with Crippen molar-refractivity contribution in [2.45, 2.75) is 39.2 Å². The van der Waals surface area contributed by atoms with E-state index in [-0.39, 0.29) is 24.1 Å². The molecule has 0 aromatic carbocycles. The number of aromatic nitrogens is 2. The molecule has 0 unspecified atom stereocenters. The second-order valence-electron chi connectivity index (χ2n) is 5.36. The van der Waals surface area contributed by atoms with Crippen molar-refractivity contribution in [2.75, 3.05) is 19.6 Å². The topological polar surface area (TPSA) is 67.2 Å². The number of nitrogens with zero attached hydrogens (tertiary/aromatic N) is 3. The van der Waals surface area contributed by atoms with Gasteiger partial charge in [-0.2, -0.15) is 5.10 Å². The van der Waals surface area contributed by atoms with Gasteiger partial charge in [0.05, 0.1) is 0 Å². The van der Waals surface area contributed by atoms with Crippen LogP contribution in [0.3, 0.4) is 0 Å². The van der Waals surface area contributed by atoms with E-state index in [0.29, 0.717) is 31.6 Å². The van der Waals surface area contributed by atoms with E-state index >= 15 is 0 Å². The van der Waals surface area contributed by atoms with Crippen LogP contribution >= 0.6 is 0 Å². The quantitative estimate of drug-likeness (QED) is 0.771. The van der Waals surface area contributed by atoms with Crippen LogP contribution in [-0.4, -0.2) is 46.1 Å². The molecule has 0 radical (unpaired) electrons. The smallest absolute Gasteiger partial charge is 0.282 e. The van der Waals surface area contributed by atoms with Crippen LogP contribution in [0.1, 0.15) is 37.1 Å². The molecule has 1 aromatic heterocycles. The minimum Gasteiger partial charge on any atom is -0.354 e. The molecule has 1 aliphatic rings. The molecule has 1 aliphatic heterocycles. The van der Waals surface area contributed by atoms with E-state index < -0.39 is 6.43 Å². The molecule has 1 N–H and O–H groups in total. The highest BCUT2D eigenvalue weighted by molar-refractivity contribution is 5.78. The molecule has 1 fully saturated rings. The van der Waals surface area contributed by atoms with Crippen molar-refractivity contribution in [3.63, 3.8) is 0 Å². The van der Waals surface area contributed by atoms with Crippen molar-refractivity contribution in [1.82, 2.24) is 20.0 Å². The Labute approximate surface area is 127 Å². The fourth-order valence-corrected chi connectivity index (χ4v) is 2.43. The van der Waals surface area contributed by atoms with Crippen molar-refractivity contribution >= 4 is 11.8 Å². The number of halogens is 2. The Bertz CT molecular complexity index is 545. The number of likely N-dealkylation sites (tertiary alicyclic amines) is 1. The van der Waals surface area contributed by atoms with Gasteiger partial charge >= 0.3 is 0 Å². The third-order valence-electron chi connectivity index (χ3n) is 3.62. The summed E-state index contributed by atoms with van der Waals surface area (Å²) in [6.07, 6.45) is -0.452. The standard InChI is InChI=1S/C14H20F2N4O2/c1-10-8-11(14(15)16)18-20(10)9-12(21)17-5-3-7-19-6-2-4-13(19)22/h8,14H,2-7,9H2,1H3,(H,17,21). The molecule has 0 aliphatic carbocycles. The van der Waals surface area contributed by atoms with Crippen LogP contribution in [0.25, 0.3) is 0 Å². The molecule has 0 atom stereocenters. The molecule has 2 heterocycles. The summed E-state index contributed by atoms with van der Waals surface area (Å²) in [5.74, 6) is -0.113. The lowest BCUT2D eigenvalue weighted by Crippen LogP contribution is -2.32. The van der Waals surface area contributed by atoms with E-state index in [1.807, 2.05) is 0 Å². The zero-order valence-electron chi connectivity index (χ0n) is 12.5. The Morgan fingerprint density at radius 2 is 2.27 bits per heavy atom. The second-order valence-corrected chi connectivity index (χ2v) is 5.36. The van der Waals surface area contributed by atoms with E-state index in [1.54, 1.807) is 11.8 Å². The average Bonchev–Trinajstić information content (AvgIpc) is 3.02. The van der Waals surface area contributed by atoms with Gasteiger partial charge in [-0.3, -0.25) is 14.3 Å². The molecule has 0 spiro atoms. The van der Waals surface area contributed by atoms with Crippen molar-refractivity contribution in [3.8, 4) is 0 Å². The maximum atomic E-state index is 12.5. The minimum atomic E-state index is -2.64. The molecule has 8 heteroatoms. The maximum absolute atomic E-state index is 12.5. The largest absolute Gasteiger partial charge is 0.354 e. The molecule has 2 rings (SSSR count). The molecule has 6 nitrogen and oxygen atoms in total. The first kappa shape index (κ1) is 16.4. The van der Waals surface area contributed by atoms with Gasteiger partial charge in [0.15, 0.2) is 0 Å². The van der Waals surface area contributed by atoms with Gasteiger partial charge < -0.3 is 10.2 Å². The second kappa shape index (κ2) is 7.33. The number of carbonyl (C=O) groups is 2. The predicted octanol–water partition coefficient (Wildman–Crippen LogP) is 1.26. The maximum Gasteiger partial charge on any atom is 0.282 e. The number of amides is 2. The van der Waals surface area contributed by atoms with Crippen molar-refractivity contribution in [3.05, 3.63) is 17.5 Å². The Balaban J connectivity index is 1.70. The molecule has 1 saturated heterocycles. The summed E-state index contributed by atoms with van der Waals surface area (Å²) in [5.41, 5.74) is 0.200. The van der Waals surface area contributed by atoms with E-state index in [4.69, 9.17) is 0 Å². The van der Waals surface area contributed by atoms with E-state index in [2.05, 4.69) is 10.4 Å². The number of aryl methyl sites for hydroxylation is 1. The normalized spacial score (nSPS) is 14.9. The number of hydrogen-bond acceptors (Lipinski definition) is 3. The number of hydrogen-bond donors (Lipinski definition) is 1. The van der Waals surface area contributed by atoms with Gasteiger partial charge in [0.1, 0.15) is 12.2 Å². The highest BCUT2D eigenvalue weighted by Gasteiger charge is 2.19. The van der Waals surface area contributed by atoms with Crippen LogP contribution < -0.4 is 5.32 Å². The van der Waals surface area contributed by atoms with E-state index in [9.17, 15) is 18.4 Å². The van der Waals surface area contributed by atoms with Crippen LogP contribution in [0.4, 0.5) is 8.78 Å². The molecular weight excluding hydrogens is 294 g/mol. The molecule has 2 amide bonds. The lowest BCUT2D eigenvalue weighted by Gasteiger charge is -2.15. The highest BCUT2D eigenvalue weighted by Crippen LogP contribution is 2.17. The summed E-state index contributed by atoms with van der Waals surface area (Å²) in [7, 11) is 0. The third-order valence-corrected chi connectivity index (χ3v) is 3.62. The molecule has 122 valence electrons. The Hall–Kier alpha value is -1.99. The number of nitrogens with one attached hydrogen (secondary N) is 1. The fourth-order valence-electron chi connectivity index (χ4n) is 2.43. The third kappa shape index (κ3) is 4.25. The monoisotopic (exact) mass is 314 g/mol. The van der Waals surface area contributed by atoms with Gasteiger partial charge in [0.25, 0.3) is 6.43 Å². The van der Waals surface area contributed by atoms with Gasteiger partial charge in [-0.1, -0.05) is 0 Å².